The first-order valence-corrected chi connectivity index (χ1v) is 6.64. The summed E-state index contributed by atoms with van der Waals surface area (Å²) >= 11 is 3.36. The summed E-state index contributed by atoms with van der Waals surface area (Å²) in [7, 11) is 0. The van der Waals surface area contributed by atoms with E-state index >= 15 is 0 Å². The number of amides is 1. The molecule has 0 fully saturated rings. The van der Waals surface area contributed by atoms with Gasteiger partial charge in [-0.15, -0.1) is 0 Å². The van der Waals surface area contributed by atoms with Gasteiger partial charge in [-0.1, -0.05) is 34.1 Å². The first-order chi connectivity index (χ1) is 9.06. The van der Waals surface area contributed by atoms with Crippen molar-refractivity contribution in [1.82, 2.24) is 5.32 Å². The lowest BCUT2D eigenvalue weighted by atomic mass is 10.1. The van der Waals surface area contributed by atoms with Crippen LogP contribution in [0.3, 0.4) is 0 Å². The van der Waals surface area contributed by atoms with Crippen molar-refractivity contribution in [3.8, 4) is 0 Å². The van der Waals surface area contributed by atoms with Gasteiger partial charge >= 0.3 is 0 Å². The zero-order chi connectivity index (χ0) is 13.8. The van der Waals surface area contributed by atoms with Gasteiger partial charge in [0.25, 0.3) is 5.91 Å². The number of hydrogen-bond donors (Lipinski definition) is 1. The molecular weight excluding hydrogens is 309 g/mol. The molecule has 2 aromatic rings. The van der Waals surface area contributed by atoms with Gasteiger partial charge in [-0.25, -0.2) is 4.39 Å². The standard InChI is InChI=1S/C15H13BrFNO/c1-10-5-6-13(14(17)7-10)15(19)18-9-11-3-2-4-12(16)8-11/h2-8H,9H2,1H3,(H,18,19). The fourth-order valence-corrected chi connectivity index (χ4v) is 2.18. The molecule has 2 nitrogen and oxygen atoms in total. The van der Waals surface area contributed by atoms with Gasteiger partial charge in [-0.2, -0.15) is 0 Å². The Balaban J connectivity index is 2.05. The molecule has 98 valence electrons. The van der Waals surface area contributed by atoms with Crippen LogP contribution in [0.4, 0.5) is 4.39 Å². The van der Waals surface area contributed by atoms with E-state index in [2.05, 4.69) is 21.2 Å². The predicted molar refractivity (Wildman–Crippen MR) is 76.4 cm³/mol. The van der Waals surface area contributed by atoms with Crippen LogP contribution >= 0.6 is 15.9 Å². The summed E-state index contributed by atoms with van der Waals surface area (Å²) in [5.41, 5.74) is 1.82. The highest BCUT2D eigenvalue weighted by molar-refractivity contribution is 9.10. The molecule has 0 saturated carbocycles. The number of aryl methyl sites for hydroxylation is 1. The van der Waals surface area contributed by atoms with Crippen molar-refractivity contribution >= 4 is 21.8 Å². The van der Waals surface area contributed by atoms with Gasteiger partial charge in [0, 0.05) is 11.0 Å². The molecule has 0 aliphatic rings. The molecule has 1 amide bonds. The normalized spacial score (nSPS) is 10.3. The largest absolute Gasteiger partial charge is 0.348 e. The Kier molecular flexibility index (Phi) is 4.32. The molecule has 0 bridgehead atoms. The molecule has 1 N–H and O–H groups in total. The molecule has 2 rings (SSSR count). The van der Waals surface area contributed by atoms with Crippen LogP contribution in [0.15, 0.2) is 46.9 Å². The lowest BCUT2D eigenvalue weighted by Crippen LogP contribution is -2.23. The van der Waals surface area contributed by atoms with Crippen molar-refractivity contribution in [3.05, 3.63) is 69.4 Å². The summed E-state index contributed by atoms with van der Waals surface area (Å²) in [6.07, 6.45) is 0. The third-order valence-corrected chi connectivity index (χ3v) is 3.20. The van der Waals surface area contributed by atoms with E-state index in [0.717, 1.165) is 15.6 Å². The number of nitrogens with one attached hydrogen (secondary N) is 1. The summed E-state index contributed by atoms with van der Waals surface area (Å²) in [5, 5.41) is 2.70. The Morgan fingerprint density at radius 1 is 1.26 bits per heavy atom. The minimum atomic E-state index is -0.494. The Labute approximate surface area is 119 Å². The Morgan fingerprint density at radius 3 is 2.74 bits per heavy atom. The second-order valence-corrected chi connectivity index (χ2v) is 5.21. The maximum atomic E-state index is 13.6. The summed E-state index contributed by atoms with van der Waals surface area (Å²) < 4.78 is 14.6. The summed E-state index contributed by atoms with van der Waals surface area (Å²) in [5.74, 6) is -0.899. The maximum absolute atomic E-state index is 13.6. The zero-order valence-electron chi connectivity index (χ0n) is 10.4. The SMILES string of the molecule is Cc1ccc(C(=O)NCc2cccc(Br)c2)c(F)c1. The minimum absolute atomic E-state index is 0.0700. The van der Waals surface area contributed by atoms with E-state index in [4.69, 9.17) is 0 Å². The Hall–Kier alpha value is -1.68. The summed E-state index contributed by atoms with van der Waals surface area (Å²) in [6.45, 7) is 2.15. The summed E-state index contributed by atoms with van der Waals surface area (Å²) in [4.78, 5) is 11.9. The van der Waals surface area contributed by atoms with Crippen LogP contribution in [0, 0.1) is 12.7 Å². The van der Waals surface area contributed by atoms with Crippen molar-refractivity contribution in [2.45, 2.75) is 13.5 Å². The highest BCUT2D eigenvalue weighted by Gasteiger charge is 2.11. The first kappa shape index (κ1) is 13.7. The van der Waals surface area contributed by atoms with Crippen LogP contribution in [0.1, 0.15) is 21.5 Å². The van der Waals surface area contributed by atoms with E-state index in [1.165, 1.54) is 12.1 Å². The molecule has 0 saturated heterocycles. The van der Waals surface area contributed by atoms with E-state index in [1.54, 1.807) is 13.0 Å². The highest BCUT2D eigenvalue weighted by atomic mass is 79.9. The van der Waals surface area contributed by atoms with Gasteiger partial charge in [0.1, 0.15) is 5.82 Å². The Bertz CT molecular complexity index is 613. The maximum Gasteiger partial charge on any atom is 0.254 e. The smallest absolute Gasteiger partial charge is 0.254 e. The number of carbonyl (C=O) groups is 1. The number of rotatable bonds is 3. The number of carbonyl (C=O) groups excluding carboxylic acids is 1. The van der Waals surface area contributed by atoms with E-state index in [0.29, 0.717) is 6.54 Å². The molecule has 19 heavy (non-hydrogen) atoms. The molecule has 0 radical (unpaired) electrons. The lowest BCUT2D eigenvalue weighted by molar-refractivity contribution is 0.0947. The third-order valence-electron chi connectivity index (χ3n) is 2.71. The second-order valence-electron chi connectivity index (χ2n) is 4.30. The Morgan fingerprint density at radius 2 is 2.05 bits per heavy atom. The van der Waals surface area contributed by atoms with Gasteiger partial charge < -0.3 is 5.32 Å². The van der Waals surface area contributed by atoms with E-state index < -0.39 is 11.7 Å². The molecule has 2 aromatic carbocycles. The van der Waals surface area contributed by atoms with Gasteiger partial charge in [0.15, 0.2) is 0 Å². The molecule has 0 aliphatic carbocycles. The molecule has 0 aliphatic heterocycles. The molecule has 4 heteroatoms. The van der Waals surface area contributed by atoms with Crippen LogP contribution in [0.2, 0.25) is 0 Å². The van der Waals surface area contributed by atoms with E-state index in [1.807, 2.05) is 24.3 Å². The van der Waals surface area contributed by atoms with Gasteiger partial charge in [-0.3, -0.25) is 4.79 Å². The van der Waals surface area contributed by atoms with Gasteiger partial charge in [-0.05, 0) is 42.3 Å². The van der Waals surface area contributed by atoms with Crippen molar-refractivity contribution in [1.29, 1.82) is 0 Å². The minimum Gasteiger partial charge on any atom is -0.348 e. The first-order valence-electron chi connectivity index (χ1n) is 5.85. The molecule has 0 spiro atoms. The van der Waals surface area contributed by atoms with Crippen LogP contribution in [-0.4, -0.2) is 5.91 Å². The quantitative estimate of drug-likeness (QED) is 0.914. The average molecular weight is 322 g/mol. The van der Waals surface area contributed by atoms with Crippen LogP contribution in [0.25, 0.3) is 0 Å². The predicted octanol–water partition coefficient (Wildman–Crippen LogP) is 3.83. The van der Waals surface area contributed by atoms with E-state index in [9.17, 15) is 9.18 Å². The molecule has 0 aromatic heterocycles. The van der Waals surface area contributed by atoms with Crippen molar-refractivity contribution in [2.75, 3.05) is 0 Å². The van der Waals surface area contributed by atoms with Crippen LogP contribution < -0.4 is 5.32 Å². The monoisotopic (exact) mass is 321 g/mol. The van der Waals surface area contributed by atoms with Crippen LogP contribution in [-0.2, 0) is 6.54 Å². The van der Waals surface area contributed by atoms with Gasteiger partial charge in [0.05, 0.1) is 5.56 Å². The fourth-order valence-electron chi connectivity index (χ4n) is 1.73. The second kappa shape index (κ2) is 5.97. The molecule has 0 unspecified atom stereocenters. The van der Waals surface area contributed by atoms with Crippen molar-refractivity contribution in [2.24, 2.45) is 0 Å². The molecular formula is C15H13BrFNO. The lowest BCUT2D eigenvalue weighted by Gasteiger charge is -2.07. The van der Waals surface area contributed by atoms with E-state index in [-0.39, 0.29) is 5.56 Å². The van der Waals surface area contributed by atoms with Crippen molar-refractivity contribution in [3.63, 3.8) is 0 Å². The highest BCUT2D eigenvalue weighted by Crippen LogP contribution is 2.12. The zero-order valence-corrected chi connectivity index (χ0v) is 12.0. The number of halogens is 2. The van der Waals surface area contributed by atoms with Crippen LogP contribution in [0.5, 0.6) is 0 Å². The number of hydrogen-bond acceptors (Lipinski definition) is 1. The van der Waals surface area contributed by atoms with Gasteiger partial charge in [0.2, 0.25) is 0 Å². The molecule has 0 atom stereocenters. The average Bonchev–Trinajstić information content (AvgIpc) is 2.36. The topological polar surface area (TPSA) is 29.1 Å². The van der Waals surface area contributed by atoms with Crippen molar-refractivity contribution < 1.29 is 9.18 Å². The summed E-state index contributed by atoms with van der Waals surface area (Å²) in [6, 6.07) is 12.2. The molecule has 0 heterocycles. The third kappa shape index (κ3) is 3.64. The number of benzene rings is 2. The fraction of sp³-hybridized carbons (Fsp3) is 0.133.